The zero-order valence-corrected chi connectivity index (χ0v) is 18.5. The van der Waals surface area contributed by atoms with Crippen LogP contribution in [0.3, 0.4) is 0 Å². The summed E-state index contributed by atoms with van der Waals surface area (Å²) < 4.78 is 0.781. The number of anilines is 1. The number of benzene rings is 2. The zero-order chi connectivity index (χ0) is 21.3. The highest BCUT2D eigenvalue weighted by Gasteiger charge is 2.25. The van der Waals surface area contributed by atoms with Gasteiger partial charge < -0.3 is 5.32 Å². The molecule has 30 heavy (non-hydrogen) atoms. The minimum Gasteiger partial charge on any atom is -0.344 e. The van der Waals surface area contributed by atoms with E-state index >= 15 is 0 Å². The lowest BCUT2D eigenvalue weighted by atomic mass is 10.0. The summed E-state index contributed by atoms with van der Waals surface area (Å²) in [4.78, 5) is 25.1. The molecular weight excluding hydrogens is 416 g/mol. The van der Waals surface area contributed by atoms with Crippen molar-refractivity contribution in [3.05, 3.63) is 71.8 Å². The Morgan fingerprint density at radius 3 is 2.23 bits per heavy atom. The fraction of sp³-hybridized carbons (Fsp3) is 0.273. The lowest BCUT2D eigenvalue weighted by Crippen LogP contribution is -2.47. The molecule has 3 aromatic rings. The summed E-state index contributed by atoms with van der Waals surface area (Å²) in [6.45, 7) is 3.79. The highest BCUT2D eigenvalue weighted by Crippen LogP contribution is 2.28. The minimum atomic E-state index is -0.648. The van der Waals surface area contributed by atoms with E-state index in [-0.39, 0.29) is 24.2 Å². The molecule has 0 spiro atoms. The van der Waals surface area contributed by atoms with Crippen molar-refractivity contribution in [1.29, 1.82) is 0 Å². The van der Waals surface area contributed by atoms with Crippen molar-refractivity contribution in [3.63, 3.8) is 0 Å². The Kier molecular flexibility index (Phi) is 7.98. The van der Waals surface area contributed by atoms with E-state index in [2.05, 4.69) is 33.0 Å². The van der Waals surface area contributed by atoms with Gasteiger partial charge in [-0.25, -0.2) is 0 Å². The monoisotopic (exact) mass is 440 g/mol. The Morgan fingerprint density at radius 2 is 1.60 bits per heavy atom. The standard InChI is InChI=1S/C22H24N4O2S2/c1-15(2)19(23-18(27)13-16-9-5-3-6-10-16)20(28)24-21-25-26-22(30-21)29-14-17-11-7-4-8-12-17/h3-12,15,19H,13-14H2,1-2H3,(H,23,27)(H,24,25,28). The third-order valence-corrected chi connectivity index (χ3v) is 6.36. The van der Waals surface area contributed by atoms with Crippen LogP contribution in [0.2, 0.25) is 0 Å². The number of nitrogens with zero attached hydrogens (tertiary/aromatic N) is 2. The second kappa shape index (κ2) is 10.9. The summed E-state index contributed by atoms with van der Waals surface area (Å²) in [6.07, 6.45) is 0.233. The second-order valence-electron chi connectivity index (χ2n) is 7.09. The first-order valence-electron chi connectivity index (χ1n) is 9.65. The van der Waals surface area contributed by atoms with Crippen LogP contribution in [0.15, 0.2) is 65.0 Å². The molecule has 1 atom stereocenters. The summed E-state index contributed by atoms with van der Waals surface area (Å²) in [6, 6.07) is 18.9. The van der Waals surface area contributed by atoms with E-state index in [1.54, 1.807) is 11.8 Å². The van der Waals surface area contributed by atoms with Crippen LogP contribution < -0.4 is 10.6 Å². The van der Waals surface area contributed by atoms with E-state index in [9.17, 15) is 9.59 Å². The van der Waals surface area contributed by atoms with Crippen molar-refractivity contribution in [1.82, 2.24) is 15.5 Å². The Hall–Kier alpha value is -2.71. The maximum absolute atomic E-state index is 12.7. The summed E-state index contributed by atoms with van der Waals surface area (Å²) in [5, 5.41) is 14.3. The van der Waals surface area contributed by atoms with Gasteiger partial charge in [-0.15, -0.1) is 10.2 Å². The molecule has 2 aromatic carbocycles. The van der Waals surface area contributed by atoms with Crippen molar-refractivity contribution in [2.45, 2.75) is 36.4 Å². The number of aromatic nitrogens is 2. The average Bonchev–Trinajstić information content (AvgIpc) is 3.19. The highest BCUT2D eigenvalue weighted by molar-refractivity contribution is 8.00. The van der Waals surface area contributed by atoms with E-state index in [1.807, 2.05) is 62.4 Å². The van der Waals surface area contributed by atoms with E-state index < -0.39 is 6.04 Å². The smallest absolute Gasteiger partial charge is 0.249 e. The van der Waals surface area contributed by atoms with E-state index in [0.717, 1.165) is 15.7 Å². The van der Waals surface area contributed by atoms with Gasteiger partial charge in [0.1, 0.15) is 6.04 Å². The van der Waals surface area contributed by atoms with Crippen molar-refractivity contribution >= 4 is 40.0 Å². The molecule has 2 amide bonds. The molecule has 1 heterocycles. The molecule has 3 rings (SSSR count). The Balaban J connectivity index is 1.54. The third-order valence-electron chi connectivity index (χ3n) is 4.31. The van der Waals surface area contributed by atoms with Crippen LogP contribution in [-0.2, 0) is 21.8 Å². The lowest BCUT2D eigenvalue weighted by Gasteiger charge is -2.21. The van der Waals surface area contributed by atoms with Gasteiger partial charge in [0.15, 0.2) is 4.34 Å². The number of thioether (sulfide) groups is 1. The summed E-state index contributed by atoms with van der Waals surface area (Å²) in [5.74, 6) is 0.242. The molecule has 0 aliphatic heterocycles. The van der Waals surface area contributed by atoms with Crippen LogP contribution in [0.25, 0.3) is 0 Å². The quantitative estimate of drug-likeness (QED) is 0.386. The van der Waals surface area contributed by atoms with Crippen LogP contribution in [0.5, 0.6) is 0 Å². The molecule has 156 valence electrons. The number of amides is 2. The van der Waals surface area contributed by atoms with Gasteiger partial charge in [0.25, 0.3) is 0 Å². The molecule has 0 fully saturated rings. The maximum Gasteiger partial charge on any atom is 0.249 e. The Morgan fingerprint density at radius 1 is 0.967 bits per heavy atom. The van der Waals surface area contributed by atoms with Gasteiger partial charge in [-0.1, -0.05) is 97.6 Å². The molecule has 2 N–H and O–H groups in total. The predicted octanol–water partition coefficient (Wildman–Crippen LogP) is 4.15. The molecule has 0 saturated carbocycles. The van der Waals surface area contributed by atoms with Crippen molar-refractivity contribution < 1.29 is 9.59 Å². The van der Waals surface area contributed by atoms with Gasteiger partial charge in [-0.05, 0) is 17.0 Å². The number of nitrogens with one attached hydrogen (secondary N) is 2. The molecule has 6 nitrogen and oxygen atoms in total. The number of hydrogen-bond acceptors (Lipinski definition) is 6. The molecule has 8 heteroatoms. The van der Waals surface area contributed by atoms with Gasteiger partial charge in [-0.3, -0.25) is 14.9 Å². The number of rotatable bonds is 9. The van der Waals surface area contributed by atoms with Gasteiger partial charge in [0.2, 0.25) is 16.9 Å². The summed E-state index contributed by atoms with van der Waals surface area (Å²) in [5.41, 5.74) is 2.10. The van der Waals surface area contributed by atoms with Crippen LogP contribution in [0.4, 0.5) is 5.13 Å². The molecule has 0 saturated heterocycles. The highest BCUT2D eigenvalue weighted by atomic mass is 32.2. The van der Waals surface area contributed by atoms with E-state index in [0.29, 0.717) is 5.13 Å². The summed E-state index contributed by atoms with van der Waals surface area (Å²) in [7, 11) is 0. The molecule has 1 unspecified atom stereocenters. The van der Waals surface area contributed by atoms with Crippen LogP contribution in [0.1, 0.15) is 25.0 Å². The molecule has 0 radical (unpaired) electrons. The first-order chi connectivity index (χ1) is 14.5. The zero-order valence-electron chi connectivity index (χ0n) is 16.9. The first kappa shape index (κ1) is 22.0. The lowest BCUT2D eigenvalue weighted by molar-refractivity contribution is -0.127. The average molecular weight is 441 g/mol. The SMILES string of the molecule is CC(C)C(NC(=O)Cc1ccccc1)C(=O)Nc1nnc(SCc2ccccc2)s1. The second-order valence-corrected chi connectivity index (χ2v) is 9.29. The van der Waals surface area contributed by atoms with Crippen molar-refractivity contribution in [2.24, 2.45) is 5.92 Å². The molecular formula is C22H24N4O2S2. The maximum atomic E-state index is 12.7. The van der Waals surface area contributed by atoms with Crippen LogP contribution >= 0.6 is 23.1 Å². The minimum absolute atomic E-state index is 0.0652. The largest absolute Gasteiger partial charge is 0.344 e. The van der Waals surface area contributed by atoms with Crippen LogP contribution in [-0.4, -0.2) is 28.1 Å². The van der Waals surface area contributed by atoms with Crippen LogP contribution in [0, 0.1) is 5.92 Å². The number of carbonyl (C=O) groups excluding carboxylic acids is 2. The normalized spacial score (nSPS) is 11.8. The molecule has 0 bridgehead atoms. The fourth-order valence-electron chi connectivity index (χ4n) is 2.76. The molecule has 1 aromatic heterocycles. The van der Waals surface area contributed by atoms with Gasteiger partial charge in [0.05, 0.1) is 6.42 Å². The first-order valence-corrected chi connectivity index (χ1v) is 11.5. The molecule has 0 aliphatic carbocycles. The van der Waals surface area contributed by atoms with Gasteiger partial charge in [0, 0.05) is 5.75 Å². The molecule has 0 aliphatic rings. The topological polar surface area (TPSA) is 84.0 Å². The fourth-order valence-corrected chi connectivity index (χ4v) is 4.47. The van der Waals surface area contributed by atoms with Crippen molar-refractivity contribution in [2.75, 3.05) is 5.32 Å². The van der Waals surface area contributed by atoms with E-state index in [4.69, 9.17) is 0 Å². The summed E-state index contributed by atoms with van der Waals surface area (Å²) >= 11 is 2.90. The van der Waals surface area contributed by atoms with E-state index in [1.165, 1.54) is 16.9 Å². The number of carbonyl (C=O) groups is 2. The predicted molar refractivity (Wildman–Crippen MR) is 121 cm³/mol. The Labute approximate surface area is 184 Å². The van der Waals surface area contributed by atoms with Crippen molar-refractivity contribution in [3.8, 4) is 0 Å². The van der Waals surface area contributed by atoms with Gasteiger partial charge >= 0.3 is 0 Å². The van der Waals surface area contributed by atoms with Gasteiger partial charge in [-0.2, -0.15) is 0 Å². The third kappa shape index (κ3) is 6.67. The Bertz CT molecular complexity index is 962. The number of hydrogen-bond donors (Lipinski definition) is 2.